The van der Waals surface area contributed by atoms with Crippen LogP contribution in [0.3, 0.4) is 0 Å². The molecular weight excluding hydrogens is 441 g/mol. The molecule has 2 aromatic rings. The Morgan fingerprint density at radius 1 is 1.31 bits per heavy atom. The molecule has 1 aliphatic heterocycles. The van der Waals surface area contributed by atoms with E-state index >= 15 is 0 Å². The van der Waals surface area contributed by atoms with Crippen molar-refractivity contribution in [3.63, 3.8) is 0 Å². The van der Waals surface area contributed by atoms with Crippen LogP contribution >= 0.6 is 0 Å². The van der Waals surface area contributed by atoms with E-state index < -0.39 is 6.10 Å². The van der Waals surface area contributed by atoms with E-state index in [-0.39, 0.29) is 44.7 Å². The van der Waals surface area contributed by atoms with Crippen molar-refractivity contribution in [1.82, 2.24) is 4.98 Å². The zero-order chi connectivity index (χ0) is 19.8. The van der Waals surface area contributed by atoms with Gasteiger partial charge in [0.25, 0.3) is 0 Å². The number of pyridine rings is 1. The van der Waals surface area contributed by atoms with E-state index in [9.17, 15) is 9.90 Å². The molecule has 1 radical (unpaired) electrons. The van der Waals surface area contributed by atoms with E-state index in [1.54, 1.807) is 12.3 Å². The Morgan fingerprint density at radius 3 is 2.86 bits per heavy atom. The van der Waals surface area contributed by atoms with Crippen LogP contribution in [0.15, 0.2) is 34.9 Å². The number of aliphatic hydroxyl groups excluding tert-OH is 1. The van der Waals surface area contributed by atoms with Crippen LogP contribution in [0.2, 0.25) is 0 Å². The molecule has 2 unspecified atom stereocenters. The van der Waals surface area contributed by atoms with Gasteiger partial charge in [0, 0.05) is 45.2 Å². The summed E-state index contributed by atoms with van der Waals surface area (Å²) in [5.74, 6) is 1.11. The monoisotopic (exact) mass is 472 g/mol. The number of aromatic nitrogens is 1. The molecular formula is C23H31N2O3Y-. The molecule has 0 bridgehead atoms. The van der Waals surface area contributed by atoms with Gasteiger partial charge >= 0.3 is 0 Å². The molecule has 29 heavy (non-hydrogen) atoms. The zero-order valence-electron chi connectivity index (χ0n) is 17.3. The molecule has 1 amide bonds. The number of rotatable bonds is 10. The fraction of sp³-hybridized carbons (Fsp3) is 0.565. The van der Waals surface area contributed by atoms with Gasteiger partial charge in [-0.25, -0.2) is 0 Å². The van der Waals surface area contributed by atoms with E-state index in [4.69, 9.17) is 4.42 Å². The standard InChI is InChI=1S/C23H31N2O3.Y/c1-2-3-4-12-22(26)21-15-14-19(17-24-21)25-18(9-6-13-23(25)27)8-5-10-20-11-7-16-28-20;/h7,11,14-15,17-18,22,26H,2-6,8-10,12-13H2,1H3;/q-1;. The minimum Gasteiger partial charge on any atom is -0.596 e. The maximum atomic E-state index is 12.6. The van der Waals surface area contributed by atoms with Gasteiger partial charge in [0.1, 0.15) is 0 Å². The van der Waals surface area contributed by atoms with Crippen molar-refractivity contribution >= 4 is 11.6 Å². The molecule has 3 heterocycles. The quantitative estimate of drug-likeness (QED) is 0.391. The normalized spacial score (nSPS) is 17.8. The van der Waals surface area contributed by atoms with Gasteiger partial charge in [-0.3, -0.25) is 9.78 Å². The fourth-order valence-corrected chi connectivity index (χ4v) is 3.96. The number of unbranched alkanes of at least 4 members (excludes halogenated alkanes) is 2. The van der Waals surface area contributed by atoms with Gasteiger partial charge in [0.2, 0.25) is 5.91 Å². The third-order valence-electron chi connectivity index (χ3n) is 5.52. The van der Waals surface area contributed by atoms with Crippen LogP contribution in [-0.4, -0.2) is 22.0 Å². The van der Waals surface area contributed by atoms with Crippen molar-refractivity contribution in [2.24, 2.45) is 0 Å². The van der Waals surface area contributed by atoms with E-state index in [0.29, 0.717) is 12.1 Å². The topological polar surface area (TPSA) is 66.6 Å². The van der Waals surface area contributed by atoms with E-state index in [1.807, 2.05) is 23.1 Å². The zero-order valence-corrected chi connectivity index (χ0v) is 20.2. The second-order valence-electron chi connectivity index (χ2n) is 7.67. The summed E-state index contributed by atoms with van der Waals surface area (Å²) in [5.41, 5.74) is 1.53. The minimum absolute atomic E-state index is 0. The number of hydrogen-bond donors (Lipinski definition) is 1. The van der Waals surface area contributed by atoms with Crippen LogP contribution < -0.4 is 4.90 Å². The number of carbonyl (C=O) groups is 1. The van der Waals surface area contributed by atoms with Crippen molar-refractivity contribution in [1.29, 1.82) is 0 Å². The van der Waals surface area contributed by atoms with E-state index in [2.05, 4.69) is 18.2 Å². The molecule has 0 aliphatic carbocycles. The number of amides is 1. The molecule has 155 valence electrons. The number of nitrogens with zero attached hydrogens (tertiary/aromatic N) is 2. The molecule has 1 aliphatic rings. The van der Waals surface area contributed by atoms with Crippen molar-refractivity contribution in [3.8, 4) is 0 Å². The third-order valence-corrected chi connectivity index (χ3v) is 5.52. The van der Waals surface area contributed by atoms with Gasteiger partial charge in [-0.2, -0.15) is 6.07 Å². The molecule has 2 atom stereocenters. The molecule has 1 fully saturated rings. The summed E-state index contributed by atoms with van der Waals surface area (Å²) >= 11 is 0. The van der Waals surface area contributed by atoms with Crippen LogP contribution in [0.1, 0.15) is 82.3 Å². The number of aryl methyl sites for hydroxylation is 1. The van der Waals surface area contributed by atoms with Crippen molar-refractivity contribution < 1.29 is 47.0 Å². The molecule has 0 saturated carbocycles. The summed E-state index contributed by atoms with van der Waals surface area (Å²) in [6.45, 7) is 2.15. The Hall–Kier alpha value is -1.04. The first-order valence-electron chi connectivity index (χ1n) is 10.6. The van der Waals surface area contributed by atoms with Gasteiger partial charge < -0.3 is 14.4 Å². The van der Waals surface area contributed by atoms with Gasteiger partial charge in [0.05, 0.1) is 23.7 Å². The number of anilines is 1. The van der Waals surface area contributed by atoms with Crippen molar-refractivity contribution in [2.45, 2.75) is 83.3 Å². The van der Waals surface area contributed by atoms with Crippen LogP contribution in [0, 0.1) is 6.26 Å². The smallest absolute Gasteiger partial charge is 0.227 e. The Bertz CT molecular complexity index is 718. The van der Waals surface area contributed by atoms with E-state index in [1.165, 1.54) is 0 Å². The second-order valence-corrected chi connectivity index (χ2v) is 7.67. The first kappa shape index (κ1) is 24.2. The second kappa shape index (κ2) is 12.6. The van der Waals surface area contributed by atoms with Gasteiger partial charge in [0.15, 0.2) is 0 Å². The Labute approximate surface area is 199 Å². The molecule has 0 aromatic carbocycles. The maximum Gasteiger partial charge on any atom is 0.227 e. The molecule has 1 saturated heterocycles. The predicted molar refractivity (Wildman–Crippen MR) is 109 cm³/mol. The summed E-state index contributed by atoms with van der Waals surface area (Å²) in [5, 5.41) is 10.3. The largest absolute Gasteiger partial charge is 0.596 e. The number of furan rings is 1. The maximum absolute atomic E-state index is 12.6. The Balaban J connectivity index is 0.00000300. The van der Waals surface area contributed by atoms with Gasteiger partial charge in [-0.05, 0) is 44.1 Å². The summed E-state index contributed by atoms with van der Waals surface area (Å²) in [6.07, 6.45) is 13.2. The molecule has 3 rings (SSSR count). The SMILES string of the molecule is CCCCCC(O)c1ccc(N2C(=O)CCCC2CCCc2cc[c-]o2)cn1.[Y]. The van der Waals surface area contributed by atoms with Crippen LogP contribution in [0.5, 0.6) is 0 Å². The first-order valence-corrected chi connectivity index (χ1v) is 10.6. The summed E-state index contributed by atoms with van der Waals surface area (Å²) < 4.78 is 5.29. The minimum atomic E-state index is -0.529. The molecule has 2 aromatic heterocycles. The third kappa shape index (κ3) is 7.01. The molecule has 1 N–H and O–H groups in total. The summed E-state index contributed by atoms with van der Waals surface area (Å²) in [6, 6.07) is 7.72. The summed E-state index contributed by atoms with van der Waals surface area (Å²) in [4.78, 5) is 19.0. The first-order chi connectivity index (χ1) is 13.7. The van der Waals surface area contributed by atoms with Crippen LogP contribution in [0.4, 0.5) is 5.69 Å². The molecule has 5 nitrogen and oxygen atoms in total. The number of hydrogen-bond acceptors (Lipinski definition) is 4. The van der Waals surface area contributed by atoms with Crippen molar-refractivity contribution in [2.75, 3.05) is 4.90 Å². The van der Waals surface area contributed by atoms with Gasteiger partial charge in [-0.1, -0.05) is 44.8 Å². The summed E-state index contributed by atoms with van der Waals surface area (Å²) in [7, 11) is 0. The Morgan fingerprint density at radius 2 is 2.17 bits per heavy atom. The fourth-order valence-electron chi connectivity index (χ4n) is 3.96. The Kier molecular flexibility index (Phi) is 10.5. The van der Waals surface area contributed by atoms with Crippen LogP contribution in [0.25, 0.3) is 0 Å². The number of piperidine rings is 1. The number of aliphatic hydroxyl groups is 1. The molecule has 0 spiro atoms. The average molecular weight is 472 g/mol. The van der Waals surface area contributed by atoms with Crippen LogP contribution in [-0.2, 0) is 43.9 Å². The predicted octanol–water partition coefficient (Wildman–Crippen LogP) is 4.99. The van der Waals surface area contributed by atoms with Crippen molar-refractivity contribution in [3.05, 3.63) is 48.2 Å². The molecule has 6 heteroatoms. The number of carbonyl (C=O) groups excluding carboxylic acids is 1. The van der Waals surface area contributed by atoms with E-state index in [0.717, 1.165) is 69.2 Å². The average Bonchev–Trinajstić information content (AvgIpc) is 3.22. The van der Waals surface area contributed by atoms with Gasteiger partial charge in [-0.15, -0.1) is 6.07 Å².